The molecule has 7 heteroatoms. The van der Waals surface area contributed by atoms with Crippen LogP contribution in [0.15, 0.2) is 40.4 Å². The Hall–Kier alpha value is -2.83. The van der Waals surface area contributed by atoms with Gasteiger partial charge < -0.3 is 16.0 Å². The average Bonchev–Trinajstić information content (AvgIpc) is 3.13. The van der Waals surface area contributed by atoms with Gasteiger partial charge in [0.1, 0.15) is 11.5 Å². The van der Waals surface area contributed by atoms with Crippen molar-refractivity contribution in [1.29, 1.82) is 0 Å². The molecule has 28 heavy (non-hydrogen) atoms. The van der Waals surface area contributed by atoms with Gasteiger partial charge in [-0.1, -0.05) is 18.6 Å². The fourth-order valence-corrected chi connectivity index (χ4v) is 4.83. The zero-order valence-electron chi connectivity index (χ0n) is 16.1. The van der Waals surface area contributed by atoms with Gasteiger partial charge in [0.2, 0.25) is 11.9 Å². The van der Waals surface area contributed by atoms with E-state index >= 15 is 0 Å². The number of nitrogens with two attached hydrogens (primary N) is 2. The molecule has 1 spiro atoms. The van der Waals surface area contributed by atoms with Crippen LogP contribution < -0.4 is 16.4 Å². The van der Waals surface area contributed by atoms with Crippen LogP contribution >= 0.6 is 0 Å². The summed E-state index contributed by atoms with van der Waals surface area (Å²) >= 11 is 0. The summed E-state index contributed by atoms with van der Waals surface area (Å²) in [6.07, 6.45) is 11.1. The summed E-state index contributed by atoms with van der Waals surface area (Å²) in [5, 5.41) is 0. The number of rotatable bonds is 2. The van der Waals surface area contributed by atoms with Crippen LogP contribution in [0.4, 0.5) is 5.69 Å². The highest BCUT2D eigenvalue weighted by atomic mass is 15.4. The summed E-state index contributed by atoms with van der Waals surface area (Å²) in [7, 11) is 0. The molecule has 1 fully saturated rings. The Kier molecular flexibility index (Phi) is 4.10. The first-order valence-corrected chi connectivity index (χ1v) is 10.3. The monoisotopic (exact) mass is 377 g/mol. The number of fused-ring (bicyclic) bond motifs is 1. The molecule has 0 radical (unpaired) electrons. The van der Waals surface area contributed by atoms with Crippen molar-refractivity contribution in [1.82, 2.24) is 9.55 Å². The Morgan fingerprint density at radius 2 is 1.71 bits per heavy atom. The first-order valence-electron chi connectivity index (χ1n) is 10.3. The van der Waals surface area contributed by atoms with Gasteiger partial charge in [-0.25, -0.2) is 9.98 Å². The molecule has 146 valence electrons. The van der Waals surface area contributed by atoms with E-state index < -0.39 is 5.66 Å². The molecule has 0 atom stereocenters. The van der Waals surface area contributed by atoms with Gasteiger partial charge in [-0.3, -0.25) is 4.90 Å². The molecule has 5 rings (SSSR count). The third-order valence-electron chi connectivity index (χ3n) is 6.18. The highest BCUT2D eigenvalue weighted by Crippen LogP contribution is 2.39. The maximum absolute atomic E-state index is 6.32. The number of aromatic nitrogens is 2. The lowest BCUT2D eigenvalue weighted by molar-refractivity contribution is 0.305. The van der Waals surface area contributed by atoms with Gasteiger partial charge in [0.15, 0.2) is 0 Å². The molecule has 0 bridgehead atoms. The summed E-state index contributed by atoms with van der Waals surface area (Å²) in [5.41, 5.74) is 15.1. The van der Waals surface area contributed by atoms with Crippen molar-refractivity contribution in [3.8, 4) is 11.3 Å². The smallest absolute Gasteiger partial charge is 0.220 e. The van der Waals surface area contributed by atoms with Crippen LogP contribution in [-0.4, -0.2) is 27.1 Å². The summed E-state index contributed by atoms with van der Waals surface area (Å²) in [4.78, 5) is 15.9. The van der Waals surface area contributed by atoms with E-state index in [1.165, 1.54) is 25.1 Å². The molecule has 0 saturated heterocycles. The van der Waals surface area contributed by atoms with Crippen molar-refractivity contribution in [3.05, 3.63) is 36.3 Å². The highest BCUT2D eigenvalue weighted by molar-refractivity contribution is 6.05. The van der Waals surface area contributed by atoms with Crippen LogP contribution in [0.2, 0.25) is 0 Å². The van der Waals surface area contributed by atoms with Crippen molar-refractivity contribution in [2.24, 2.45) is 21.5 Å². The number of anilines is 1. The van der Waals surface area contributed by atoms with Crippen molar-refractivity contribution in [3.63, 3.8) is 0 Å². The van der Waals surface area contributed by atoms with Crippen molar-refractivity contribution < 1.29 is 0 Å². The van der Waals surface area contributed by atoms with Gasteiger partial charge in [-0.2, -0.15) is 4.99 Å². The third kappa shape index (κ3) is 2.85. The van der Waals surface area contributed by atoms with E-state index in [1.54, 1.807) is 0 Å². The zero-order valence-corrected chi connectivity index (χ0v) is 16.1. The third-order valence-corrected chi connectivity index (χ3v) is 6.18. The molecule has 3 heterocycles. The Bertz CT molecular complexity index is 909. The minimum absolute atomic E-state index is 0.288. The van der Waals surface area contributed by atoms with E-state index in [0.717, 1.165) is 55.6 Å². The van der Waals surface area contributed by atoms with Crippen LogP contribution in [0, 0.1) is 0 Å². The SMILES string of the molecule is NC1=NC2(CCCCC2)N(c2ccc(-c3cn4c(n3)CCCC4)cc2)C(N)=N1. The first-order chi connectivity index (χ1) is 13.6. The van der Waals surface area contributed by atoms with Gasteiger partial charge in [0, 0.05) is 30.4 Å². The molecule has 1 aromatic carbocycles. The van der Waals surface area contributed by atoms with Crippen LogP contribution in [0.1, 0.15) is 50.8 Å². The van der Waals surface area contributed by atoms with Crippen molar-refractivity contribution in [2.45, 2.75) is 63.6 Å². The predicted octanol–water partition coefficient (Wildman–Crippen LogP) is 3.00. The Balaban J connectivity index is 1.47. The summed E-state index contributed by atoms with van der Waals surface area (Å²) < 4.78 is 2.29. The highest BCUT2D eigenvalue weighted by Gasteiger charge is 2.42. The van der Waals surface area contributed by atoms with Gasteiger partial charge in [0.25, 0.3) is 0 Å². The topological polar surface area (TPSA) is 97.8 Å². The van der Waals surface area contributed by atoms with E-state index in [2.05, 4.69) is 44.9 Å². The Morgan fingerprint density at radius 3 is 2.46 bits per heavy atom. The number of hydrogen-bond donors (Lipinski definition) is 2. The Labute approximate surface area is 165 Å². The molecule has 4 N–H and O–H groups in total. The average molecular weight is 377 g/mol. The van der Waals surface area contributed by atoms with E-state index in [-0.39, 0.29) is 5.96 Å². The van der Waals surface area contributed by atoms with Gasteiger partial charge in [0.05, 0.1) is 5.69 Å². The number of benzene rings is 1. The molecular weight excluding hydrogens is 350 g/mol. The maximum atomic E-state index is 6.32. The van der Waals surface area contributed by atoms with Crippen molar-refractivity contribution in [2.75, 3.05) is 4.90 Å². The number of guanidine groups is 2. The van der Waals surface area contributed by atoms with Crippen LogP contribution in [0.3, 0.4) is 0 Å². The molecule has 1 aromatic heterocycles. The number of imidazole rings is 1. The van der Waals surface area contributed by atoms with Crippen LogP contribution in [-0.2, 0) is 13.0 Å². The van der Waals surface area contributed by atoms with Crippen LogP contribution in [0.5, 0.6) is 0 Å². The van der Waals surface area contributed by atoms with Crippen LogP contribution in [0.25, 0.3) is 11.3 Å². The van der Waals surface area contributed by atoms with E-state index in [1.807, 2.05) is 0 Å². The van der Waals surface area contributed by atoms with Crippen molar-refractivity contribution >= 4 is 17.6 Å². The number of nitrogens with zero attached hydrogens (tertiary/aromatic N) is 5. The molecule has 2 aromatic rings. The quantitative estimate of drug-likeness (QED) is 0.840. The number of aryl methyl sites for hydroxylation is 2. The summed E-state index contributed by atoms with van der Waals surface area (Å²) in [6.45, 7) is 1.07. The number of aliphatic imine (C=N–C) groups is 2. The fraction of sp³-hybridized carbons (Fsp3) is 0.476. The number of hydrogen-bond acceptors (Lipinski definition) is 6. The van der Waals surface area contributed by atoms with Gasteiger partial charge in [-0.15, -0.1) is 0 Å². The van der Waals surface area contributed by atoms with Gasteiger partial charge in [-0.05, 0) is 50.7 Å². The predicted molar refractivity (Wildman–Crippen MR) is 112 cm³/mol. The van der Waals surface area contributed by atoms with Gasteiger partial charge >= 0.3 is 0 Å². The van der Waals surface area contributed by atoms with E-state index in [4.69, 9.17) is 21.4 Å². The van der Waals surface area contributed by atoms with E-state index in [0.29, 0.717) is 5.96 Å². The minimum Gasteiger partial charge on any atom is -0.369 e. The molecule has 1 aliphatic carbocycles. The largest absolute Gasteiger partial charge is 0.369 e. The first kappa shape index (κ1) is 17.3. The fourth-order valence-electron chi connectivity index (χ4n) is 4.83. The molecular formula is C21H27N7. The lowest BCUT2D eigenvalue weighted by atomic mass is 9.87. The summed E-state index contributed by atoms with van der Waals surface area (Å²) in [6, 6.07) is 8.44. The maximum Gasteiger partial charge on any atom is 0.220 e. The lowest BCUT2D eigenvalue weighted by Gasteiger charge is -2.45. The zero-order chi connectivity index (χ0) is 19.1. The second kappa shape index (κ2) is 6.65. The molecule has 7 nitrogen and oxygen atoms in total. The lowest BCUT2D eigenvalue weighted by Crippen LogP contribution is -2.58. The molecule has 1 saturated carbocycles. The molecule has 3 aliphatic rings. The standard InChI is InChI=1S/C21H27N7/c22-19-25-20(23)28(21(26-19)11-3-1-4-12-21)16-9-7-15(8-10-16)17-14-27-13-5-2-6-18(27)24-17/h7-10,14H,1-6,11-13H2,(H4,22,23,25,26). The minimum atomic E-state index is -0.400. The summed E-state index contributed by atoms with van der Waals surface area (Å²) in [5.74, 6) is 1.92. The van der Waals surface area contributed by atoms with E-state index in [9.17, 15) is 0 Å². The molecule has 2 aliphatic heterocycles. The molecule has 0 unspecified atom stereocenters. The normalized spacial score (nSPS) is 21.2. The second-order valence-electron chi connectivity index (χ2n) is 8.06. The Morgan fingerprint density at radius 1 is 0.929 bits per heavy atom. The molecule has 0 amide bonds. The second-order valence-corrected chi connectivity index (χ2v) is 8.06.